The minimum atomic E-state index is -0.234. The Morgan fingerprint density at radius 2 is 1.73 bits per heavy atom. The van der Waals surface area contributed by atoms with E-state index in [0.29, 0.717) is 11.3 Å². The molecule has 2 aromatic carbocycles. The Morgan fingerprint density at radius 3 is 2.40 bits per heavy atom. The summed E-state index contributed by atoms with van der Waals surface area (Å²) in [5.74, 6) is 0.539. The van der Waals surface area contributed by atoms with Gasteiger partial charge < -0.3 is 10.1 Å². The average Bonchev–Trinajstić information content (AvgIpc) is 3.26. The van der Waals surface area contributed by atoms with Crippen molar-refractivity contribution in [1.29, 1.82) is 0 Å². The number of carbonyl (C=O) groups excluding carboxylic acids is 1. The minimum Gasteiger partial charge on any atom is -0.497 e. The fraction of sp³-hybridized carbons (Fsp3) is 0.125. The van der Waals surface area contributed by atoms with Crippen LogP contribution in [0.3, 0.4) is 0 Å². The van der Waals surface area contributed by atoms with E-state index >= 15 is 0 Å². The van der Waals surface area contributed by atoms with Crippen molar-refractivity contribution in [3.8, 4) is 22.7 Å². The molecular weight excluding hydrogens is 376 g/mol. The first kappa shape index (κ1) is 19.4. The maximum Gasteiger partial charge on any atom is 0.255 e. The van der Waals surface area contributed by atoms with Gasteiger partial charge in [0.1, 0.15) is 11.4 Å². The van der Waals surface area contributed by atoms with Gasteiger partial charge in [0.25, 0.3) is 5.91 Å². The number of amides is 1. The molecule has 2 aromatic heterocycles. The quantitative estimate of drug-likeness (QED) is 0.522. The van der Waals surface area contributed by atoms with Gasteiger partial charge in [-0.25, -0.2) is 4.68 Å². The molecule has 6 heteroatoms. The molecule has 2 heterocycles. The van der Waals surface area contributed by atoms with E-state index in [9.17, 15) is 4.79 Å². The van der Waals surface area contributed by atoms with Gasteiger partial charge in [-0.3, -0.25) is 9.78 Å². The Labute approximate surface area is 175 Å². The zero-order valence-corrected chi connectivity index (χ0v) is 16.8. The summed E-state index contributed by atoms with van der Waals surface area (Å²) < 4.78 is 6.97. The maximum absolute atomic E-state index is 13.2. The lowest BCUT2D eigenvalue weighted by molar-refractivity contribution is 0.0939. The summed E-state index contributed by atoms with van der Waals surface area (Å²) in [5, 5.41) is 7.74. The predicted molar refractivity (Wildman–Crippen MR) is 116 cm³/mol. The highest BCUT2D eigenvalue weighted by Crippen LogP contribution is 2.26. The second-order valence-corrected chi connectivity index (χ2v) is 6.85. The number of benzene rings is 2. The highest BCUT2D eigenvalue weighted by Gasteiger charge is 2.21. The molecule has 0 saturated heterocycles. The smallest absolute Gasteiger partial charge is 0.255 e. The number of para-hydroxylation sites is 1. The van der Waals surface area contributed by atoms with Crippen LogP contribution in [0.4, 0.5) is 0 Å². The number of nitrogens with zero attached hydrogens (tertiary/aromatic N) is 3. The molecule has 0 bridgehead atoms. The van der Waals surface area contributed by atoms with Crippen LogP contribution in [0, 0.1) is 0 Å². The molecule has 4 rings (SSSR count). The highest BCUT2D eigenvalue weighted by atomic mass is 16.5. The van der Waals surface area contributed by atoms with Crippen LogP contribution >= 0.6 is 0 Å². The molecule has 0 spiro atoms. The van der Waals surface area contributed by atoms with Crippen molar-refractivity contribution in [2.45, 2.75) is 13.0 Å². The zero-order chi connectivity index (χ0) is 20.9. The van der Waals surface area contributed by atoms with Crippen molar-refractivity contribution < 1.29 is 9.53 Å². The van der Waals surface area contributed by atoms with Gasteiger partial charge in [0.2, 0.25) is 0 Å². The van der Waals surface area contributed by atoms with Crippen LogP contribution in [0.25, 0.3) is 16.9 Å². The monoisotopic (exact) mass is 398 g/mol. The lowest BCUT2D eigenvalue weighted by Crippen LogP contribution is -2.27. The molecule has 0 fully saturated rings. The van der Waals surface area contributed by atoms with Crippen LogP contribution in [0.5, 0.6) is 5.75 Å². The third-order valence-corrected chi connectivity index (χ3v) is 4.82. The topological polar surface area (TPSA) is 69.0 Å². The summed E-state index contributed by atoms with van der Waals surface area (Å²) in [6, 6.07) is 22.6. The predicted octanol–water partition coefficient (Wildman–Crippen LogP) is 4.43. The number of ether oxygens (including phenoxy) is 1. The number of hydrogen-bond donors (Lipinski definition) is 1. The SMILES string of the molecule is COc1ccc(-c2nn(-c3ccccc3)cc2C(=O)NC(C)c2ccccn2)cc1. The summed E-state index contributed by atoms with van der Waals surface area (Å²) in [6.07, 6.45) is 3.48. The maximum atomic E-state index is 13.2. The number of pyridine rings is 1. The second kappa shape index (κ2) is 8.61. The molecule has 1 unspecified atom stereocenters. The van der Waals surface area contributed by atoms with Crippen molar-refractivity contribution >= 4 is 5.91 Å². The number of aromatic nitrogens is 3. The van der Waals surface area contributed by atoms with Crippen LogP contribution in [0.1, 0.15) is 29.0 Å². The average molecular weight is 398 g/mol. The summed E-state index contributed by atoms with van der Waals surface area (Å²) in [4.78, 5) is 17.5. The van der Waals surface area contributed by atoms with E-state index in [1.54, 1.807) is 24.2 Å². The normalized spacial score (nSPS) is 11.7. The molecule has 1 amide bonds. The zero-order valence-electron chi connectivity index (χ0n) is 16.8. The molecule has 0 radical (unpaired) electrons. The third-order valence-electron chi connectivity index (χ3n) is 4.82. The van der Waals surface area contributed by atoms with Crippen molar-refractivity contribution in [3.63, 3.8) is 0 Å². The third kappa shape index (κ3) is 4.07. The first-order valence-electron chi connectivity index (χ1n) is 9.67. The number of nitrogens with one attached hydrogen (secondary N) is 1. The number of hydrogen-bond acceptors (Lipinski definition) is 4. The van der Waals surface area contributed by atoms with E-state index in [0.717, 1.165) is 22.7 Å². The molecule has 0 aliphatic carbocycles. The number of carbonyl (C=O) groups is 1. The minimum absolute atomic E-state index is 0.207. The van der Waals surface area contributed by atoms with Crippen LogP contribution in [-0.2, 0) is 0 Å². The first-order valence-corrected chi connectivity index (χ1v) is 9.67. The summed E-state index contributed by atoms with van der Waals surface area (Å²) >= 11 is 0. The Hall–Kier alpha value is -3.93. The highest BCUT2D eigenvalue weighted by molar-refractivity contribution is 6.00. The van der Waals surface area contributed by atoms with Gasteiger partial charge in [0.15, 0.2) is 0 Å². The Morgan fingerprint density at radius 1 is 1.00 bits per heavy atom. The van der Waals surface area contributed by atoms with Gasteiger partial charge in [0.05, 0.1) is 30.1 Å². The fourth-order valence-corrected chi connectivity index (χ4v) is 3.20. The molecular formula is C24H22N4O2. The van der Waals surface area contributed by atoms with Gasteiger partial charge in [-0.15, -0.1) is 0 Å². The summed E-state index contributed by atoms with van der Waals surface area (Å²) in [6.45, 7) is 1.91. The summed E-state index contributed by atoms with van der Waals surface area (Å²) in [7, 11) is 1.62. The molecule has 30 heavy (non-hydrogen) atoms. The van der Waals surface area contributed by atoms with Gasteiger partial charge in [0, 0.05) is 18.0 Å². The molecule has 1 N–H and O–H groups in total. The van der Waals surface area contributed by atoms with Crippen molar-refractivity contribution in [2.24, 2.45) is 0 Å². The molecule has 150 valence electrons. The fourth-order valence-electron chi connectivity index (χ4n) is 3.20. The molecule has 0 aliphatic heterocycles. The van der Waals surface area contributed by atoms with Crippen LogP contribution in [0.15, 0.2) is 85.2 Å². The lowest BCUT2D eigenvalue weighted by atomic mass is 10.1. The Bertz CT molecular complexity index is 1120. The van der Waals surface area contributed by atoms with Crippen LogP contribution < -0.4 is 10.1 Å². The molecule has 4 aromatic rings. The lowest BCUT2D eigenvalue weighted by Gasteiger charge is -2.13. The first-order chi connectivity index (χ1) is 14.7. The Balaban J connectivity index is 1.71. The van der Waals surface area contributed by atoms with Crippen molar-refractivity contribution in [2.75, 3.05) is 7.11 Å². The van der Waals surface area contributed by atoms with Gasteiger partial charge >= 0.3 is 0 Å². The van der Waals surface area contributed by atoms with Gasteiger partial charge in [-0.1, -0.05) is 24.3 Å². The van der Waals surface area contributed by atoms with Gasteiger partial charge in [-0.2, -0.15) is 5.10 Å². The number of rotatable bonds is 6. The summed E-state index contributed by atoms with van der Waals surface area (Å²) in [5.41, 5.74) is 3.61. The van der Waals surface area contributed by atoms with Crippen molar-refractivity contribution in [1.82, 2.24) is 20.1 Å². The van der Waals surface area contributed by atoms with E-state index in [4.69, 9.17) is 9.84 Å². The number of methoxy groups -OCH3 is 1. The second-order valence-electron chi connectivity index (χ2n) is 6.85. The van der Waals surface area contributed by atoms with E-state index in [1.165, 1.54) is 0 Å². The standard InChI is InChI=1S/C24H22N4O2/c1-17(22-10-6-7-15-25-22)26-24(29)21-16-28(19-8-4-3-5-9-19)27-23(21)18-11-13-20(30-2)14-12-18/h3-17H,1-2H3,(H,26,29). The van der Waals surface area contributed by atoms with E-state index in [2.05, 4.69) is 10.3 Å². The van der Waals surface area contributed by atoms with Crippen LogP contribution in [0.2, 0.25) is 0 Å². The molecule has 0 saturated carbocycles. The van der Waals surface area contributed by atoms with Gasteiger partial charge in [-0.05, 0) is 55.5 Å². The van der Waals surface area contributed by atoms with Crippen LogP contribution in [-0.4, -0.2) is 27.8 Å². The molecule has 0 aliphatic rings. The largest absolute Gasteiger partial charge is 0.497 e. The Kier molecular flexibility index (Phi) is 5.57. The van der Waals surface area contributed by atoms with E-state index in [1.807, 2.05) is 79.7 Å². The van der Waals surface area contributed by atoms with E-state index < -0.39 is 0 Å². The molecule has 1 atom stereocenters. The van der Waals surface area contributed by atoms with Crippen molar-refractivity contribution in [3.05, 3.63) is 96.4 Å². The van der Waals surface area contributed by atoms with E-state index in [-0.39, 0.29) is 11.9 Å². The molecule has 6 nitrogen and oxygen atoms in total.